The number of amides is 2. The second kappa shape index (κ2) is 8.75. The first-order valence-corrected chi connectivity index (χ1v) is 9.55. The van der Waals surface area contributed by atoms with Gasteiger partial charge in [0.2, 0.25) is 0 Å². The maximum absolute atomic E-state index is 13.1. The molecule has 3 rings (SSSR count). The van der Waals surface area contributed by atoms with Gasteiger partial charge in [-0.1, -0.05) is 54.8 Å². The van der Waals surface area contributed by atoms with Crippen molar-refractivity contribution in [2.75, 3.05) is 18.5 Å². The molecule has 0 aliphatic carbocycles. The molecule has 1 fully saturated rings. The fraction of sp³-hybridized carbons (Fsp3) is 0.409. The minimum absolute atomic E-state index is 0.0513. The number of para-hydroxylation sites is 2. The molecule has 1 saturated heterocycles. The molecule has 26 heavy (non-hydrogen) atoms. The van der Waals surface area contributed by atoms with Crippen LogP contribution in [0.5, 0.6) is 5.75 Å². The van der Waals surface area contributed by atoms with Crippen LogP contribution in [0.4, 0.5) is 10.5 Å². The summed E-state index contributed by atoms with van der Waals surface area (Å²) in [7, 11) is 0. The monoisotopic (exact) mass is 352 g/mol. The predicted octanol–water partition coefficient (Wildman–Crippen LogP) is 5.54. The van der Waals surface area contributed by atoms with E-state index in [2.05, 4.69) is 36.5 Å². The molecule has 0 spiro atoms. The Labute approximate surface area is 156 Å². The van der Waals surface area contributed by atoms with E-state index in [1.165, 1.54) is 17.5 Å². The minimum Gasteiger partial charge on any atom is -0.492 e. The summed E-state index contributed by atoms with van der Waals surface area (Å²) in [4.78, 5) is 15.1. The Hall–Kier alpha value is -2.49. The molecule has 1 atom stereocenters. The Balaban J connectivity index is 1.81. The van der Waals surface area contributed by atoms with E-state index in [1.54, 1.807) is 0 Å². The molecule has 0 bridgehead atoms. The van der Waals surface area contributed by atoms with Crippen molar-refractivity contribution < 1.29 is 9.53 Å². The van der Waals surface area contributed by atoms with Gasteiger partial charge in [0.05, 0.1) is 18.3 Å². The Morgan fingerprint density at radius 3 is 2.65 bits per heavy atom. The smallest absolute Gasteiger partial charge is 0.322 e. The number of benzene rings is 2. The lowest BCUT2D eigenvalue weighted by Gasteiger charge is -2.31. The Morgan fingerprint density at radius 1 is 1.12 bits per heavy atom. The van der Waals surface area contributed by atoms with Crippen LogP contribution < -0.4 is 10.1 Å². The molecule has 0 radical (unpaired) electrons. The van der Waals surface area contributed by atoms with E-state index in [0.29, 0.717) is 12.4 Å². The summed E-state index contributed by atoms with van der Waals surface area (Å²) in [5.41, 5.74) is 3.18. The largest absolute Gasteiger partial charge is 0.492 e. The van der Waals surface area contributed by atoms with Crippen LogP contribution in [0, 0.1) is 6.92 Å². The van der Waals surface area contributed by atoms with Crippen LogP contribution in [0.25, 0.3) is 0 Å². The third-order valence-electron chi connectivity index (χ3n) is 4.90. The summed E-state index contributed by atoms with van der Waals surface area (Å²) in [6, 6.07) is 16.2. The van der Waals surface area contributed by atoms with Crippen molar-refractivity contribution in [2.45, 2.75) is 45.6 Å². The molecule has 1 N–H and O–H groups in total. The van der Waals surface area contributed by atoms with Crippen LogP contribution in [0.1, 0.15) is 49.8 Å². The number of likely N-dealkylation sites (tertiary alicyclic amines) is 1. The molecule has 2 aromatic rings. The maximum atomic E-state index is 13.1. The first-order valence-electron chi connectivity index (χ1n) is 9.55. The number of hydrogen-bond acceptors (Lipinski definition) is 2. The molecule has 0 unspecified atom stereocenters. The van der Waals surface area contributed by atoms with E-state index in [1.807, 2.05) is 36.1 Å². The number of anilines is 1. The third-order valence-corrected chi connectivity index (χ3v) is 4.90. The highest BCUT2D eigenvalue weighted by Crippen LogP contribution is 2.32. The van der Waals surface area contributed by atoms with Crippen molar-refractivity contribution >= 4 is 11.7 Å². The quantitative estimate of drug-likeness (QED) is 0.784. The number of aryl methyl sites for hydroxylation is 1. The van der Waals surface area contributed by atoms with Crippen LogP contribution in [-0.4, -0.2) is 24.1 Å². The van der Waals surface area contributed by atoms with E-state index in [-0.39, 0.29) is 12.1 Å². The van der Waals surface area contributed by atoms with Gasteiger partial charge in [-0.3, -0.25) is 0 Å². The first kappa shape index (κ1) is 18.3. The molecule has 2 amide bonds. The number of rotatable bonds is 4. The van der Waals surface area contributed by atoms with Crippen molar-refractivity contribution in [1.82, 2.24) is 4.90 Å². The highest BCUT2D eigenvalue weighted by molar-refractivity contribution is 5.91. The SMILES string of the molecule is CCOc1ccccc1NC(=O)N1CCCCC[C@@H]1c1ccc(C)cc1. The van der Waals surface area contributed by atoms with Gasteiger partial charge in [-0.05, 0) is 44.4 Å². The molecule has 4 nitrogen and oxygen atoms in total. The van der Waals surface area contributed by atoms with Crippen molar-refractivity contribution in [3.05, 3.63) is 59.7 Å². The lowest BCUT2D eigenvalue weighted by Crippen LogP contribution is -2.38. The van der Waals surface area contributed by atoms with Gasteiger partial charge in [-0.15, -0.1) is 0 Å². The van der Waals surface area contributed by atoms with Gasteiger partial charge in [0, 0.05) is 6.54 Å². The molecular formula is C22H28N2O2. The van der Waals surface area contributed by atoms with Gasteiger partial charge in [-0.2, -0.15) is 0 Å². The molecule has 138 valence electrons. The van der Waals surface area contributed by atoms with Crippen molar-refractivity contribution in [3.8, 4) is 5.75 Å². The number of nitrogens with zero attached hydrogens (tertiary/aromatic N) is 1. The summed E-state index contributed by atoms with van der Waals surface area (Å²) in [6.45, 7) is 5.39. The molecule has 0 aromatic heterocycles. The fourth-order valence-corrected chi connectivity index (χ4v) is 3.52. The number of carbonyl (C=O) groups excluding carboxylic acids is 1. The van der Waals surface area contributed by atoms with Gasteiger partial charge >= 0.3 is 6.03 Å². The van der Waals surface area contributed by atoms with E-state index >= 15 is 0 Å². The number of carbonyl (C=O) groups is 1. The second-order valence-electron chi connectivity index (χ2n) is 6.83. The van der Waals surface area contributed by atoms with Crippen LogP contribution in [0.15, 0.2) is 48.5 Å². The lowest BCUT2D eigenvalue weighted by atomic mass is 10.00. The van der Waals surface area contributed by atoms with E-state index in [4.69, 9.17) is 4.74 Å². The van der Waals surface area contributed by atoms with Gasteiger partial charge in [0.15, 0.2) is 0 Å². The van der Waals surface area contributed by atoms with Crippen LogP contribution >= 0.6 is 0 Å². The zero-order chi connectivity index (χ0) is 18.4. The van der Waals surface area contributed by atoms with E-state index < -0.39 is 0 Å². The fourth-order valence-electron chi connectivity index (χ4n) is 3.52. The van der Waals surface area contributed by atoms with E-state index in [0.717, 1.165) is 31.5 Å². The van der Waals surface area contributed by atoms with Crippen molar-refractivity contribution in [1.29, 1.82) is 0 Å². The Bertz CT molecular complexity index is 727. The summed E-state index contributed by atoms with van der Waals surface area (Å²) in [5.74, 6) is 0.713. The first-order chi connectivity index (χ1) is 12.7. The highest BCUT2D eigenvalue weighted by atomic mass is 16.5. The van der Waals surface area contributed by atoms with Gasteiger partial charge in [-0.25, -0.2) is 4.79 Å². The van der Waals surface area contributed by atoms with Crippen molar-refractivity contribution in [2.24, 2.45) is 0 Å². The van der Waals surface area contributed by atoms with Crippen LogP contribution in [-0.2, 0) is 0 Å². The molecule has 4 heteroatoms. The Morgan fingerprint density at radius 2 is 1.88 bits per heavy atom. The van der Waals surface area contributed by atoms with E-state index in [9.17, 15) is 4.79 Å². The Kier molecular flexibility index (Phi) is 6.16. The highest BCUT2D eigenvalue weighted by Gasteiger charge is 2.27. The zero-order valence-electron chi connectivity index (χ0n) is 15.7. The zero-order valence-corrected chi connectivity index (χ0v) is 15.7. The molecule has 1 aliphatic heterocycles. The second-order valence-corrected chi connectivity index (χ2v) is 6.83. The number of urea groups is 1. The number of nitrogens with one attached hydrogen (secondary N) is 1. The van der Waals surface area contributed by atoms with Gasteiger partial charge in [0.25, 0.3) is 0 Å². The average Bonchev–Trinajstić information content (AvgIpc) is 2.90. The average molecular weight is 352 g/mol. The van der Waals surface area contributed by atoms with Crippen LogP contribution in [0.2, 0.25) is 0 Å². The normalized spacial score (nSPS) is 17.5. The van der Waals surface area contributed by atoms with Gasteiger partial charge < -0.3 is 15.0 Å². The summed E-state index contributed by atoms with van der Waals surface area (Å²) in [5, 5.41) is 3.07. The molecule has 1 heterocycles. The molecule has 1 aliphatic rings. The predicted molar refractivity (Wildman–Crippen MR) is 106 cm³/mol. The number of ether oxygens (including phenoxy) is 1. The number of hydrogen-bond donors (Lipinski definition) is 1. The van der Waals surface area contributed by atoms with Crippen molar-refractivity contribution in [3.63, 3.8) is 0 Å². The summed E-state index contributed by atoms with van der Waals surface area (Å²) < 4.78 is 5.64. The standard InChI is InChI=1S/C22H28N2O2/c1-3-26-21-11-7-6-9-19(21)23-22(25)24-16-8-4-5-10-20(24)18-14-12-17(2)13-15-18/h6-7,9,11-15,20H,3-5,8,10,16H2,1-2H3,(H,23,25)/t20-/m1/s1. The minimum atomic E-state index is -0.0513. The van der Waals surface area contributed by atoms with Crippen LogP contribution in [0.3, 0.4) is 0 Å². The molecular weight excluding hydrogens is 324 g/mol. The topological polar surface area (TPSA) is 41.6 Å². The maximum Gasteiger partial charge on any atom is 0.322 e. The van der Waals surface area contributed by atoms with Gasteiger partial charge in [0.1, 0.15) is 5.75 Å². The molecule has 2 aromatic carbocycles. The summed E-state index contributed by atoms with van der Waals surface area (Å²) >= 11 is 0. The molecule has 0 saturated carbocycles. The third kappa shape index (κ3) is 4.37. The lowest BCUT2D eigenvalue weighted by molar-refractivity contribution is 0.189. The summed E-state index contributed by atoms with van der Waals surface area (Å²) in [6.07, 6.45) is 4.37.